The molecule has 148 valence electrons. The molecular formula is C22H27N3O3. The average Bonchev–Trinajstić information content (AvgIpc) is 2.73. The fraction of sp³-hybridized carbons (Fsp3) is 0.318. The van der Waals surface area contributed by atoms with E-state index in [1.807, 2.05) is 32.0 Å². The van der Waals surface area contributed by atoms with Gasteiger partial charge in [0.05, 0.1) is 0 Å². The van der Waals surface area contributed by atoms with Crippen molar-refractivity contribution in [2.45, 2.75) is 26.7 Å². The summed E-state index contributed by atoms with van der Waals surface area (Å²) in [7, 11) is 0. The van der Waals surface area contributed by atoms with E-state index in [9.17, 15) is 14.4 Å². The van der Waals surface area contributed by atoms with Crippen LogP contribution in [0.3, 0.4) is 0 Å². The van der Waals surface area contributed by atoms with Crippen LogP contribution in [-0.4, -0.2) is 42.3 Å². The molecule has 6 nitrogen and oxygen atoms in total. The lowest BCUT2D eigenvalue weighted by molar-refractivity contribution is -0.116. The SMILES string of the molecule is CCN(CC)C(=O)c1ccc(NC(=O)CCCNC(=O)c2ccccc2)cc1. The van der Waals surface area contributed by atoms with E-state index >= 15 is 0 Å². The smallest absolute Gasteiger partial charge is 0.253 e. The first kappa shape index (κ1) is 21.2. The van der Waals surface area contributed by atoms with Crippen molar-refractivity contribution in [3.8, 4) is 0 Å². The molecule has 6 heteroatoms. The third-order valence-corrected chi connectivity index (χ3v) is 4.37. The van der Waals surface area contributed by atoms with E-state index in [0.717, 1.165) is 0 Å². The standard InChI is InChI=1S/C22H27N3O3/c1-3-25(4-2)22(28)18-12-14-19(15-13-18)24-20(26)11-8-16-23-21(27)17-9-6-5-7-10-17/h5-7,9-10,12-15H,3-4,8,11,16H2,1-2H3,(H,23,27)(H,24,26). The van der Waals surface area contributed by atoms with Crippen LogP contribution in [0.4, 0.5) is 5.69 Å². The molecular weight excluding hydrogens is 354 g/mol. The highest BCUT2D eigenvalue weighted by Gasteiger charge is 2.12. The van der Waals surface area contributed by atoms with Crippen molar-refractivity contribution in [3.05, 3.63) is 65.7 Å². The van der Waals surface area contributed by atoms with Gasteiger partial charge >= 0.3 is 0 Å². The van der Waals surface area contributed by atoms with Gasteiger partial charge in [0, 0.05) is 42.9 Å². The highest BCUT2D eigenvalue weighted by atomic mass is 16.2. The molecule has 2 rings (SSSR count). The lowest BCUT2D eigenvalue weighted by atomic mass is 10.1. The monoisotopic (exact) mass is 381 g/mol. The number of hydrogen-bond donors (Lipinski definition) is 2. The van der Waals surface area contributed by atoms with E-state index in [4.69, 9.17) is 0 Å². The Morgan fingerprint density at radius 3 is 2.11 bits per heavy atom. The van der Waals surface area contributed by atoms with Gasteiger partial charge in [-0.15, -0.1) is 0 Å². The Kier molecular flexibility index (Phi) is 8.21. The summed E-state index contributed by atoms with van der Waals surface area (Å²) in [5.41, 5.74) is 1.85. The molecule has 0 saturated heterocycles. The summed E-state index contributed by atoms with van der Waals surface area (Å²) in [6.07, 6.45) is 0.845. The van der Waals surface area contributed by atoms with Crippen molar-refractivity contribution in [1.29, 1.82) is 0 Å². The molecule has 0 unspecified atom stereocenters. The minimum absolute atomic E-state index is 0.0166. The lowest BCUT2D eigenvalue weighted by Gasteiger charge is -2.18. The summed E-state index contributed by atoms with van der Waals surface area (Å²) in [4.78, 5) is 38.0. The molecule has 0 spiro atoms. The van der Waals surface area contributed by atoms with E-state index in [1.54, 1.807) is 41.3 Å². The summed E-state index contributed by atoms with van der Waals surface area (Å²) >= 11 is 0. The number of carbonyl (C=O) groups is 3. The van der Waals surface area contributed by atoms with Gasteiger partial charge in [0.15, 0.2) is 0 Å². The summed E-state index contributed by atoms with van der Waals surface area (Å²) in [6.45, 7) is 5.64. The molecule has 0 bridgehead atoms. The highest BCUT2D eigenvalue weighted by molar-refractivity contribution is 5.96. The maximum absolute atomic E-state index is 12.3. The fourth-order valence-corrected chi connectivity index (χ4v) is 2.76. The zero-order valence-corrected chi connectivity index (χ0v) is 16.4. The van der Waals surface area contributed by atoms with Crippen LogP contribution in [0.25, 0.3) is 0 Å². The summed E-state index contributed by atoms with van der Waals surface area (Å²) in [5.74, 6) is -0.289. The number of nitrogens with one attached hydrogen (secondary N) is 2. The minimum Gasteiger partial charge on any atom is -0.352 e. The van der Waals surface area contributed by atoms with E-state index in [-0.39, 0.29) is 17.7 Å². The molecule has 28 heavy (non-hydrogen) atoms. The van der Waals surface area contributed by atoms with Crippen LogP contribution in [0.5, 0.6) is 0 Å². The first-order chi connectivity index (χ1) is 13.5. The maximum atomic E-state index is 12.3. The van der Waals surface area contributed by atoms with Crippen LogP contribution in [0, 0.1) is 0 Å². The van der Waals surface area contributed by atoms with Crippen LogP contribution >= 0.6 is 0 Å². The van der Waals surface area contributed by atoms with Gasteiger partial charge in [-0.3, -0.25) is 14.4 Å². The number of hydrogen-bond acceptors (Lipinski definition) is 3. The number of anilines is 1. The van der Waals surface area contributed by atoms with E-state index in [0.29, 0.717) is 49.3 Å². The van der Waals surface area contributed by atoms with Crippen LogP contribution in [0.1, 0.15) is 47.4 Å². The molecule has 0 aliphatic heterocycles. The van der Waals surface area contributed by atoms with Gasteiger partial charge in [-0.1, -0.05) is 18.2 Å². The van der Waals surface area contributed by atoms with Crippen LogP contribution in [-0.2, 0) is 4.79 Å². The highest BCUT2D eigenvalue weighted by Crippen LogP contribution is 2.12. The average molecular weight is 381 g/mol. The van der Waals surface area contributed by atoms with E-state index < -0.39 is 0 Å². The molecule has 0 atom stereocenters. The Labute approximate surface area is 165 Å². The Hall–Kier alpha value is -3.15. The zero-order valence-electron chi connectivity index (χ0n) is 16.4. The van der Waals surface area contributed by atoms with Gasteiger partial charge < -0.3 is 15.5 Å². The van der Waals surface area contributed by atoms with Crippen LogP contribution < -0.4 is 10.6 Å². The van der Waals surface area contributed by atoms with Gasteiger partial charge in [-0.25, -0.2) is 0 Å². The molecule has 0 aliphatic rings. The molecule has 2 N–H and O–H groups in total. The van der Waals surface area contributed by atoms with E-state index in [1.165, 1.54) is 0 Å². The molecule has 0 aromatic heterocycles. The number of nitrogens with zero attached hydrogens (tertiary/aromatic N) is 1. The second-order valence-electron chi connectivity index (χ2n) is 6.33. The van der Waals surface area contributed by atoms with Crippen molar-refractivity contribution in [2.75, 3.05) is 25.0 Å². The predicted molar refractivity (Wildman–Crippen MR) is 110 cm³/mol. The molecule has 2 aromatic rings. The van der Waals surface area contributed by atoms with Crippen LogP contribution in [0.15, 0.2) is 54.6 Å². The molecule has 0 heterocycles. The first-order valence-corrected chi connectivity index (χ1v) is 9.57. The second-order valence-corrected chi connectivity index (χ2v) is 6.33. The predicted octanol–water partition coefficient (Wildman–Crippen LogP) is 3.32. The molecule has 2 aromatic carbocycles. The van der Waals surface area contributed by atoms with Crippen molar-refractivity contribution < 1.29 is 14.4 Å². The Morgan fingerprint density at radius 2 is 1.50 bits per heavy atom. The third-order valence-electron chi connectivity index (χ3n) is 4.37. The second kappa shape index (κ2) is 10.9. The molecule has 0 aliphatic carbocycles. The van der Waals surface area contributed by atoms with Gasteiger partial charge in [0.25, 0.3) is 11.8 Å². The van der Waals surface area contributed by atoms with Crippen LogP contribution in [0.2, 0.25) is 0 Å². The summed E-state index contributed by atoms with van der Waals surface area (Å²) < 4.78 is 0. The molecule has 0 fully saturated rings. The van der Waals surface area contributed by atoms with Gasteiger partial charge in [0.2, 0.25) is 5.91 Å². The summed E-state index contributed by atoms with van der Waals surface area (Å²) in [5, 5.41) is 5.61. The van der Waals surface area contributed by atoms with Crippen molar-refractivity contribution in [1.82, 2.24) is 10.2 Å². The summed E-state index contributed by atoms with van der Waals surface area (Å²) in [6, 6.07) is 15.9. The molecule has 3 amide bonds. The van der Waals surface area contributed by atoms with Crippen molar-refractivity contribution in [2.24, 2.45) is 0 Å². The third kappa shape index (κ3) is 6.23. The largest absolute Gasteiger partial charge is 0.352 e. The topological polar surface area (TPSA) is 78.5 Å². The minimum atomic E-state index is -0.144. The van der Waals surface area contributed by atoms with Gasteiger partial charge in [-0.2, -0.15) is 0 Å². The quantitative estimate of drug-likeness (QED) is 0.654. The zero-order chi connectivity index (χ0) is 20.4. The van der Waals surface area contributed by atoms with Gasteiger partial charge in [-0.05, 0) is 56.7 Å². The Balaban J connectivity index is 1.74. The molecule has 0 saturated carbocycles. The fourth-order valence-electron chi connectivity index (χ4n) is 2.76. The lowest BCUT2D eigenvalue weighted by Crippen LogP contribution is -2.30. The van der Waals surface area contributed by atoms with E-state index in [2.05, 4.69) is 10.6 Å². The van der Waals surface area contributed by atoms with Gasteiger partial charge in [0.1, 0.15) is 0 Å². The number of rotatable bonds is 9. The normalized spacial score (nSPS) is 10.2. The van der Waals surface area contributed by atoms with Crippen molar-refractivity contribution >= 4 is 23.4 Å². The first-order valence-electron chi connectivity index (χ1n) is 9.57. The maximum Gasteiger partial charge on any atom is 0.253 e. The Bertz CT molecular complexity index is 784. The Morgan fingerprint density at radius 1 is 0.857 bits per heavy atom. The molecule has 0 radical (unpaired) electrons. The number of benzene rings is 2. The number of amides is 3. The number of carbonyl (C=O) groups excluding carboxylic acids is 3. The van der Waals surface area contributed by atoms with Crippen molar-refractivity contribution in [3.63, 3.8) is 0 Å².